The second-order valence-electron chi connectivity index (χ2n) is 4.02. The van der Waals surface area contributed by atoms with E-state index >= 15 is 0 Å². The first-order chi connectivity index (χ1) is 8.70. The number of thiazole rings is 1. The smallest absolute Gasteiger partial charge is 0.216 e. The zero-order chi connectivity index (χ0) is 12.7. The molecule has 0 aliphatic rings. The third-order valence-corrected chi connectivity index (χ3v) is 3.67. The molecule has 0 atom stereocenters. The molecule has 0 amide bonds. The van der Waals surface area contributed by atoms with Gasteiger partial charge in [-0.15, -0.1) is 21.5 Å². The fraction of sp³-hybridized carbons (Fsp3) is 0.167. The van der Waals surface area contributed by atoms with E-state index in [2.05, 4.69) is 10.2 Å². The molecule has 4 nitrogen and oxygen atoms in total. The molecule has 1 aromatic carbocycles. The second-order valence-corrected chi connectivity index (χ2v) is 4.86. The van der Waals surface area contributed by atoms with Crippen LogP contribution in [-0.2, 0) is 6.54 Å². The van der Waals surface area contributed by atoms with Crippen LogP contribution in [0.3, 0.4) is 0 Å². The maximum atomic E-state index is 13.3. The summed E-state index contributed by atoms with van der Waals surface area (Å²) in [6.45, 7) is 2.07. The third kappa shape index (κ3) is 1.61. The van der Waals surface area contributed by atoms with Crippen molar-refractivity contribution < 1.29 is 4.39 Å². The zero-order valence-corrected chi connectivity index (χ0v) is 10.5. The molecule has 0 fully saturated rings. The predicted molar refractivity (Wildman–Crippen MR) is 68.9 cm³/mol. The van der Waals surface area contributed by atoms with Crippen LogP contribution in [0.2, 0.25) is 0 Å². The average Bonchev–Trinajstić information content (AvgIpc) is 2.93. The molecule has 0 bridgehead atoms. The Hall–Kier alpha value is -1.79. The number of aromatic nitrogens is 3. The van der Waals surface area contributed by atoms with Gasteiger partial charge in [0.25, 0.3) is 0 Å². The van der Waals surface area contributed by atoms with Gasteiger partial charge in [-0.3, -0.25) is 4.40 Å². The van der Waals surface area contributed by atoms with Gasteiger partial charge in [-0.05, 0) is 36.2 Å². The van der Waals surface area contributed by atoms with E-state index in [9.17, 15) is 4.39 Å². The molecule has 0 spiro atoms. The third-order valence-electron chi connectivity index (χ3n) is 2.85. The van der Waals surface area contributed by atoms with E-state index in [-0.39, 0.29) is 5.82 Å². The average molecular weight is 262 g/mol. The summed E-state index contributed by atoms with van der Waals surface area (Å²) in [7, 11) is 0. The van der Waals surface area contributed by atoms with Crippen LogP contribution in [0.4, 0.5) is 4.39 Å². The van der Waals surface area contributed by atoms with Crippen molar-refractivity contribution in [2.24, 2.45) is 5.73 Å². The number of benzene rings is 1. The Morgan fingerprint density at radius 3 is 2.94 bits per heavy atom. The number of rotatable bonds is 2. The molecule has 0 saturated heterocycles. The summed E-state index contributed by atoms with van der Waals surface area (Å²) < 4.78 is 15.2. The van der Waals surface area contributed by atoms with E-state index < -0.39 is 0 Å². The van der Waals surface area contributed by atoms with Gasteiger partial charge in [0, 0.05) is 5.38 Å². The molecule has 0 saturated carbocycles. The van der Waals surface area contributed by atoms with Crippen LogP contribution in [0.5, 0.6) is 0 Å². The number of nitrogens with zero attached hydrogens (tertiary/aromatic N) is 3. The highest BCUT2D eigenvalue weighted by Crippen LogP contribution is 2.27. The molecule has 0 aliphatic carbocycles. The van der Waals surface area contributed by atoms with Crippen molar-refractivity contribution in [1.29, 1.82) is 0 Å². The summed E-state index contributed by atoms with van der Waals surface area (Å²) in [5.74, 6) is 0.510. The number of nitrogens with two attached hydrogens (primary N) is 1. The summed E-state index contributed by atoms with van der Waals surface area (Å²) in [6, 6.07) is 5.04. The SMILES string of the molecule is Cc1cc(-c2csc3nnc(CN)n23)ccc1F. The molecular formula is C12H11FN4S. The Morgan fingerprint density at radius 1 is 1.39 bits per heavy atom. The van der Waals surface area contributed by atoms with Crippen molar-refractivity contribution in [1.82, 2.24) is 14.6 Å². The Bertz CT molecular complexity index is 716. The van der Waals surface area contributed by atoms with Crippen LogP contribution < -0.4 is 5.73 Å². The van der Waals surface area contributed by atoms with Gasteiger partial charge in [-0.25, -0.2) is 4.39 Å². The molecule has 0 radical (unpaired) electrons. The lowest BCUT2D eigenvalue weighted by molar-refractivity contribution is 0.618. The molecule has 0 aliphatic heterocycles. The summed E-state index contributed by atoms with van der Waals surface area (Å²) >= 11 is 1.50. The minimum absolute atomic E-state index is 0.201. The quantitative estimate of drug-likeness (QED) is 0.771. The largest absolute Gasteiger partial charge is 0.324 e. The van der Waals surface area contributed by atoms with Crippen LogP contribution in [0, 0.1) is 12.7 Å². The van der Waals surface area contributed by atoms with Gasteiger partial charge in [-0.1, -0.05) is 0 Å². The summed E-state index contributed by atoms with van der Waals surface area (Å²) in [6.07, 6.45) is 0. The highest BCUT2D eigenvalue weighted by molar-refractivity contribution is 7.15. The van der Waals surface area contributed by atoms with Crippen LogP contribution in [0.25, 0.3) is 16.2 Å². The van der Waals surface area contributed by atoms with Gasteiger partial charge in [0.15, 0.2) is 5.82 Å². The van der Waals surface area contributed by atoms with E-state index in [4.69, 9.17) is 5.73 Å². The summed E-state index contributed by atoms with van der Waals surface area (Å²) in [4.78, 5) is 0.799. The first-order valence-corrected chi connectivity index (χ1v) is 6.37. The second kappa shape index (κ2) is 4.15. The number of hydrogen-bond acceptors (Lipinski definition) is 4. The monoisotopic (exact) mass is 262 g/mol. The maximum absolute atomic E-state index is 13.3. The molecule has 2 N–H and O–H groups in total. The standard InChI is InChI=1S/C12H11FN4S/c1-7-4-8(2-3-9(7)13)10-6-18-12-16-15-11(5-14)17(10)12/h2-4,6H,5,14H2,1H3. The fourth-order valence-electron chi connectivity index (χ4n) is 1.91. The van der Waals surface area contributed by atoms with Gasteiger partial charge >= 0.3 is 0 Å². The van der Waals surface area contributed by atoms with E-state index in [1.54, 1.807) is 13.0 Å². The van der Waals surface area contributed by atoms with Crippen LogP contribution in [0.15, 0.2) is 23.6 Å². The first-order valence-electron chi connectivity index (χ1n) is 5.49. The normalized spacial score (nSPS) is 11.3. The highest BCUT2D eigenvalue weighted by Gasteiger charge is 2.12. The Kier molecular flexibility index (Phi) is 2.61. The molecule has 2 heterocycles. The minimum atomic E-state index is -0.201. The number of fused-ring (bicyclic) bond motifs is 1. The van der Waals surface area contributed by atoms with E-state index in [1.165, 1.54) is 17.4 Å². The highest BCUT2D eigenvalue weighted by atomic mass is 32.1. The first kappa shape index (κ1) is 11.3. The van der Waals surface area contributed by atoms with E-state index in [0.717, 1.165) is 16.2 Å². The fourth-order valence-corrected chi connectivity index (χ4v) is 2.77. The zero-order valence-electron chi connectivity index (χ0n) is 9.72. The molecule has 3 aromatic rings. The summed E-state index contributed by atoms with van der Waals surface area (Å²) in [5.41, 5.74) is 8.15. The van der Waals surface area contributed by atoms with Gasteiger partial charge in [0.05, 0.1) is 12.2 Å². The Balaban J connectivity index is 2.24. The predicted octanol–water partition coefficient (Wildman–Crippen LogP) is 2.36. The Labute approximate surface area is 107 Å². The van der Waals surface area contributed by atoms with Crippen LogP contribution >= 0.6 is 11.3 Å². The van der Waals surface area contributed by atoms with Crippen molar-refractivity contribution in [2.45, 2.75) is 13.5 Å². The van der Waals surface area contributed by atoms with Crippen molar-refractivity contribution in [3.63, 3.8) is 0 Å². The number of aryl methyl sites for hydroxylation is 1. The van der Waals surface area contributed by atoms with Crippen LogP contribution in [-0.4, -0.2) is 14.6 Å². The van der Waals surface area contributed by atoms with Gasteiger partial charge < -0.3 is 5.73 Å². The van der Waals surface area contributed by atoms with Crippen molar-refractivity contribution in [3.8, 4) is 11.3 Å². The van der Waals surface area contributed by atoms with Crippen molar-refractivity contribution in [2.75, 3.05) is 0 Å². The summed E-state index contributed by atoms with van der Waals surface area (Å²) in [5, 5.41) is 10.1. The minimum Gasteiger partial charge on any atom is -0.324 e. The molecule has 0 unspecified atom stereocenters. The molecular weight excluding hydrogens is 251 g/mol. The molecule has 2 aromatic heterocycles. The Morgan fingerprint density at radius 2 is 2.22 bits per heavy atom. The lowest BCUT2D eigenvalue weighted by Gasteiger charge is -2.03. The molecule has 3 rings (SSSR count). The van der Waals surface area contributed by atoms with Crippen molar-refractivity contribution in [3.05, 3.63) is 40.8 Å². The topological polar surface area (TPSA) is 56.2 Å². The van der Waals surface area contributed by atoms with E-state index in [0.29, 0.717) is 17.9 Å². The maximum Gasteiger partial charge on any atom is 0.216 e. The number of hydrogen-bond donors (Lipinski definition) is 1. The lowest BCUT2D eigenvalue weighted by Crippen LogP contribution is -2.03. The van der Waals surface area contributed by atoms with Crippen LogP contribution in [0.1, 0.15) is 11.4 Å². The lowest BCUT2D eigenvalue weighted by atomic mass is 10.1. The van der Waals surface area contributed by atoms with Gasteiger partial charge in [-0.2, -0.15) is 0 Å². The van der Waals surface area contributed by atoms with Gasteiger partial charge in [0.1, 0.15) is 5.82 Å². The van der Waals surface area contributed by atoms with Gasteiger partial charge in [0.2, 0.25) is 4.96 Å². The molecule has 6 heteroatoms. The van der Waals surface area contributed by atoms with Crippen molar-refractivity contribution >= 4 is 16.3 Å². The number of halogens is 1. The molecule has 18 heavy (non-hydrogen) atoms. The molecule has 92 valence electrons. The van der Waals surface area contributed by atoms with E-state index in [1.807, 2.05) is 15.8 Å².